The van der Waals surface area contributed by atoms with Gasteiger partial charge in [-0.05, 0) is 35.8 Å². The van der Waals surface area contributed by atoms with E-state index in [4.69, 9.17) is 6.42 Å². The van der Waals surface area contributed by atoms with Crippen molar-refractivity contribution in [3.63, 3.8) is 0 Å². The highest BCUT2D eigenvalue weighted by Gasteiger charge is 2.56. The van der Waals surface area contributed by atoms with E-state index in [0.29, 0.717) is 18.4 Å². The Morgan fingerprint density at radius 3 is 3.12 bits per heavy atom. The van der Waals surface area contributed by atoms with Crippen molar-refractivity contribution in [1.82, 2.24) is 5.32 Å². The molecule has 1 aromatic carbocycles. The Bertz CT molecular complexity index is 500. The van der Waals surface area contributed by atoms with Gasteiger partial charge in [-0.2, -0.15) is 0 Å². The average molecular weight is 225 g/mol. The summed E-state index contributed by atoms with van der Waals surface area (Å²) in [7, 11) is 0. The van der Waals surface area contributed by atoms with Gasteiger partial charge in [0.2, 0.25) is 5.91 Å². The van der Waals surface area contributed by atoms with E-state index in [9.17, 15) is 4.79 Å². The second kappa shape index (κ2) is 3.92. The Hall–Kier alpha value is -1.75. The molecule has 0 bridgehead atoms. The van der Waals surface area contributed by atoms with Crippen molar-refractivity contribution in [1.29, 1.82) is 0 Å². The van der Waals surface area contributed by atoms with Gasteiger partial charge in [0.15, 0.2) is 0 Å². The summed E-state index contributed by atoms with van der Waals surface area (Å²) >= 11 is 0. The lowest BCUT2D eigenvalue weighted by Gasteiger charge is -2.13. The summed E-state index contributed by atoms with van der Waals surface area (Å²) in [4.78, 5) is 11.9. The van der Waals surface area contributed by atoms with Crippen LogP contribution < -0.4 is 5.32 Å². The van der Waals surface area contributed by atoms with Crippen molar-refractivity contribution in [2.24, 2.45) is 11.8 Å². The molecule has 0 heterocycles. The number of hydrogen-bond acceptors (Lipinski definition) is 1. The van der Waals surface area contributed by atoms with Crippen LogP contribution in [-0.2, 0) is 11.2 Å². The van der Waals surface area contributed by atoms with Crippen LogP contribution in [-0.4, -0.2) is 12.5 Å². The molecular formula is C15H15NO. The normalized spacial score (nSPS) is 28.5. The molecule has 0 saturated heterocycles. The van der Waals surface area contributed by atoms with Crippen molar-refractivity contribution in [3.05, 3.63) is 35.4 Å². The second-order valence-corrected chi connectivity index (χ2v) is 4.87. The van der Waals surface area contributed by atoms with Crippen LogP contribution in [0.25, 0.3) is 0 Å². The first-order chi connectivity index (χ1) is 8.33. The van der Waals surface area contributed by atoms with Gasteiger partial charge in [0.1, 0.15) is 0 Å². The Balaban J connectivity index is 1.78. The van der Waals surface area contributed by atoms with Crippen LogP contribution in [0, 0.1) is 24.2 Å². The highest BCUT2D eigenvalue weighted by molar-refractivity contribution is 5.84. The topological polar surface area (TPSA) is 29.1 Å². The number of rotatable bonds is 2. The summed E-state index contributed by atoms with van der Waals surface area (Å²) in [5.74, 6) is 3.73. The van der Waals surface area contributed by atoms with Gasteiger partial charge >= 0.3 is 0 Å². The van der Waals surface area contributed by atoms with Crippen molar-refractivity contribution in [3.8, 4) is 12.3 Å². The molecule has 1 N–H and O–H groups in total. The van der Waals surface area contributed by atoms with Crippen LogP contribution in [0.3, 0.4) is 0 Å². The molecule has 0 aliphatic heterocycles. The van der Waals surface area contributed by atoms with Gasteiger partial charge in [-0.1, -0.05) is 30.2 Å². The third-order valence-electron chi connectivity index (χ3n) is 4.00. The third-order valence-corrected chi connectivity index (χ3v) is 4.00. The zero-order chi connectivity index (χ0) is 11.8. The molecule has 2 aliphatic carbocycles. The Labute approximate surface area is 101 Å². The Morgan fingerprint density at radius 1 is 1.47 bits per heavy atom. The highest BCUT2D eigenvalue weighted by atomic mass is 16.2. The summed E-state index contributed by atoms with van der Waals surface area (Å²) in [6.07, 6.45) is 7.40. The number of benzene rings is 1. The van der Waals surface area contributed by atoms with Crippen LogP contribution in [0.5, 0.6) is 0 Å². The molecule has 0 radical (unpaired) electrons. The molecule has 2 aliphatic rings. The predicted molar refractivity (Wildman–Crippen MR) is 66.3 cm³/mol. The number of hydrogen-bond donors (Lipinski definition) is 1. The van der Waals surface area contributed by atoms with E-state index in [1.165, 1.54) is 11.1 Å². The lowest BCUT2D eigenvalue weighted by Crippen LogP contribution is -2.26. The second-order valence-electron chi connectivity index (χ2n) is 4.87. The summed E-state index contributed by atoms with van der Waals surface area (Å²) in [5, 5.41) is 2.81. The maximum Gasteiger partial charge on any atom is 0.224 e. The van der Waals surface area contributed by atoms with Crippen molar-refractivity contribution < 1.29 is 4.79 Å². The van der Waals surface area contributed by atoms with E-state index in [1.54, 1.807) is 0 Å². The SMILES string of the molecule is C#CCNC(=O)C1C2CCc3ccccc3C21. The summed E-state index contributed by atoms with van der Waals surface area (Å²) in [6.45, 7) is 0.344. The zero-order valence-electron chi connectivity index (χ0n) is 9.65. The van der Waals surface area contributed by atoms with Crippen molar-refractivity contribution >= 4 is 5.91 Å². The fourth-order valence-electron chi connectivity index (χ4n) is 3.18. The molecule has 2 nitrogen and oxygen atoms in total. The molecule has 86 valence electrons. The number of carbonyl (C=O) groups excluding carboxylic acids is 1. The molecule has 17 heavy (non-hydrogen) atoms. The van der Waals surface area contributed by atoms with Crippen LogP contribution in [0.4, 0.5) is 0 Å². The first kappa shape index (κ1) is 10.4. The highest BCUT2D eigenvalue weighted by Crippen LogP contribution is 2.59. The lowest BCUT2D eigenvalue weighted by molar-refractivity contribution is -0.122. The van der Waals surface area contributed by atoms with Gasteiger partial charge in [-0.15, -0.1) is 6.42 Å². The monoisotopic (exact) mass is 225 g/mol. The number of fused-ring (bicyclic) bond motifs is 3. The van der Waals surface area contributed by atoms with Crippen LogP contribution in [0.2, 0.25) is 0 Å². The van der Waals surface area contributed by atoms with Gasteiger partial charge in [0.25, 0.3) is 0 Å². The van der Waals surface area contributed by atoms with Crippen LogP contribution in [0.1, 0.15) is 23.5 Å². The van der Waals surface area contributed by atoms with E-state index in [2.05, 4.69) is 35.5 Å². The van der Waals surface area contributed by atoms with E-state index in [0.717, 1.165) is 12.8 Å². The minimum atomic E-state index is 0.134. The van der Waals surface area contributed by atoms with Crippen LogP contribution >= 0.6 is 0 Å². The predicted octanol–water partition coefficient (Wildman–Crippen LogP) is 1.71. The molecule has 0 spiro atoms. The Morgan fingerprint density at radius 2 is 2.29 bits per heavy atom. The first-order valence-electron chi connectivity index (χ1n) is 6.12. The Kier molecular flexibility index (Phi) is 2.40. The minimum absolute atomic E-state index is 0.134. The fourth-order valence-corrected chi connectivity index (χ4v) is 3.18. The van der Waals surface area contributed by atoms with Crippen molar-refractivity contribution in [2.45, 2.75) is 18.8 Å². The zero-order valence-corrected chi connectivity index (χ0v) is 9.65. The maximum absolute atomic E-state index is 11.9. The fraction of sp³-hybridized carbons (Fsp3) is 0.400. The van der Waals surface area contributed by atoms with Gasteiger partial charge < -0.3 is 5.32 Å². The molecule has 1 fully saturated rings. The molecular weight excluding hydrogens is 210 g/mol. The quantitative estimate of drug-likeness (QED) is 0.763. The third kappa shape index (κ3) is 1.63. The lowest BCUT2D eigenvalue weighted by atomic mass is 9.92. The number of terminal acetylenes is 1. The van der Waals surface area contributed by atoms with Gasteiger partial charge in [-0.25, -0.2) is 0 Å². The summed E-state index contributed by atoms with van der Waals surface area (Å²) < 4.78 is 0. The van der Waals surface area contributed by atoms with Gasteiger partial charge in [0.05, 0.1) is 6.54 Å². The van der Waals surface area contributed by atoms with E-state index < -0.39 is 0 Å². The molecule has 2 heteroatoms. The van der Waals surface area contributed by atoms with E-state index in [1.807, 2.05) is 0 Å². The number of amides is 1. The summed E-state index contributed by atoms with van der Waals surface area (Å²) in [6, 6.07) is 8.49. The molecule has 0 aromatic heterocycles. The average Bonchev–Trinajstić information content (AvgIpc) is 3.11. The number of nitrogens with one attached hydrogen (secondary N) is 1. The molecule has 3 atom stereocenters. The molecule has 1 aromatic rings. The summed E-state index contributed by atoms with van der Waals surface area (Å²) in [5.41, 5.74) is 2.80. The van der Waals surface area contributed by atoms with E-state index in [-0.39, 0.29) is 11.8 Å². The molecule has 1 amide bonds. The van der Waals surface area contributed by atoms with E-state index >= 15 is 0 Å². The molecule has 1 saturated carbocycles. The molecule has 3 unspecified atom stereocenters. The van der Waals surface area contributed by atoms with Gasteiger partial charge in [-0.3, -0.25) is 4.79 Å². The standard InChI is InChI=1S/C15H15NO/c1-2-9-16-15(17)14-12-8-7-10-5-3-4-6-11(10)13(12)14/h1,3-6,12-14H,7-9H2,(H,16,17). The maximum atomic E-state index is 11.9. The van der Waals surface area contributed by atoms with Crippen LogP contribution in [0.15, 0.2) is 24.3 Å². The number of aryl methyl sites for hydroxylation is 1. The molecule has 3 rings (SSSR count). The largest absolute Gasteiger partial charge is 0.345 e. The minimum Gasteiger partial charge on any atom is -0.345 e. The number of carbonyl (C=O) groups is 1. The van der Waals surface area contributed by atoms with Gasteiger partial charge in [0, 0.05) is 5.92 Å². The smallest absolute Gasteiger partial charge is 0.224 e. The van der Waals surface area contributed by atoms with Crippen molar-refractivity contribution in [2.75, 3.05) is 6.54 Å². The first-order valence-corrected chi connectivity index (χ1v) is 6.12.